The number of fused-ring (bicyclic) bond motifs is 1. The maximum Gasteiger partial charge on any atom is 0.260 e. The number of amides is 1. The van der Waals surface area contributed by atoms with Crippen molar-refractivity contribution in [2.24, 2.45) is 5.73 Å². The molecule has 2 heterocycles. The molecule has 0 spiro atoms. The molecule has 3 aromatic rings. The number of carbonyl (C=O) groups excluding carboxylic acids is 1. The molecule has 2 aromatic heterocycles. The summed E-state index contributed by atoms with van der Waals surface area (Å²) in [5, 5.41) is 4.53. The van der Waals surface area contributed by atoms with E-state index >= 15 is 0 Å². The number of aromatic nitrogens is 2. The van der Waals surface area contributed by atoms with Gasteiger partial charge in [0.15, 0.2) is 0 Å². The van der Waals surface area contributed by atoms with Gasteiger partial charge in [0.1, 0.15) is 9.71 Å². The molecule has 1 aromatic carbocycles. The fraction of sp³-hybridized carbons (Fsp3) is 0.278. The molecule has 0 saturated carbocycles. The van der Waals surface area contributed by atoms with Crippen LogP contribution in [-0.2, 0) is 0 Å². The van der Waals surface area contributed by atoms with Crippen LogP contribution in [-0.4, -0.2) is 21.9 Å². The number of benzene rings is 1. The van der Waals surface area contributed by atoms with E-state index in [2.05, 4.69) is 22.2 Å². The fourth-order valence-corrected chi connectivity index (χ4v) is 3.67. The Balaban J connectivity index is 2.29. The number of aryl methyl sites for hydroxylation is 1. The Morgan fingerprint density at radius 1 is 1.38 bits per heavy atom. The maximum atomic E-state index is 11.7. The molecule has 0 aliphatic heterocycles. The van der Waals surface area contributed by atoms with Gasteiger partial charge in [-0.2, -0.15) is 0 Å². The Morgan fingerprint density at radius 3 is 2.73 bits per heavy atom. The molecule has 5 N–H and O–H groups in total. The van der Waals surface area contributed by atoms with Gasteiger partial charge in [-0.05, 0) is 31.9 Å². The lowest BCUT2D eigenvalue weighted by atomic mass is 10.1. The van der Waals surface area contributed by atoms with E-state index in [1.54, 1.807) is 0 Å². The highest BCUT2D eigenvalue weighted by Gasteiger charge is 2.21. The van der Waals surface area contributed by atoms with Gasteiger partial charge in [0.05, 0.1) is 16.8 Å². The summed E-state index contributed by atoms with van der Waals surface area (Å²) in [4.78, 5) is 21.8. The van der Waals surface area contributed by atoms with Crippen molar-refractivity contribution in [3.8, 4) is 11.3 Å². The number of anilines is 2. The monoisotopic (exact) mass is 389 g/mol. The zero-order valence-corrected chi connectivity index (χ0v) is 16.3. The van der Waals surface area contributed by atoms with Gasteiger partial charge in [-0.3, -0.25) is 4.79 Å². The smallest absolute Gasteiger partial charge is 0.260 e. The van der Waals surface area contributed by atoms with E-state index in [0.717, 1.165) is 17.5 Å². The van der Waals surface area contributed by atoms with E-state index in [1.165, 1.54) is 11.3 Å². The number of hydrogen-bond acceptors (Lipinski definition) is 6. The predicted molar refractivity (Wildman–Crippen MR) is 109 cm³/mol. The molecule has 0 radical (unpaired) electrons. The van der Waals surface area contributed by atoms with Gasteiger partial charge in [0, 0.05) is 16.6 Å². The molecule has 3 rings (SSSR count). The van der Waals surface area contributed by atoms with Crippen LogP contribution in [0, 0.1) is 6.92 Å². The Morgan fingerprint density at radius 2 is 2.12 bits per heavy atom. The van der Waals surface area contributed by atoms with Crippen molar-refractivity contribution in [2.45, 2.75) is 33.2 Å². The van der Waals surface area contributed by atoms with Gasteiger partial charge in [0.25, 0.3) is 5.91 Å². The number of nitrogen functional groups attached to an aromatic ring is 1. The molecule has 0 saturated heterocycles. The minimum atomic E-state index is -0.574. The number of thiophene rings is 1. The molecule has 0 aliphatic rings. The van der Waals surface area contributed by atoms with Crippen LogP contribution in [0.3, 0.4) is 0 Å². The van der Waals surface area contributed by atoms with Crippen LogP contribution in [0.25, 0.3) is 21.5 Å². The number of rotatable bonds is 5. The molecule has 8 heteroatoms. The summed E-state index contributed by atoms with van der Waals surface area (Å²) < 4.78 is 0. The topological polar surface area (TPSA) is 107 Å². The summed E-state index contributed by atoms with van der Waals surface area (Å²) in [5.41, 5.74) is 14.4. The summed E-state index contributed by atoms with van der Waals surface area (Å²) in [6.45, 7) is 6.06. The first kappa shape index (κ1) is 18.4. The molecule has 1 atom stereocenters. The first-order chi connectivity index (χ1) is 12.3. The number of carbonyl (C=O) groups is 1. The van der Waals surface area contributed by atoms with Gasteiger partial charge in [-0.1, -0.05) is 30.7 Å². The van der Waals surface area contributed by atoms with Crippen LogP contribution < -0.4 is 16.8 Å². The Kier molecular flexibility index (Phi) is 5.02. The van der Waals surface area contributed by atoms with Gasteiger partial charge in [-0.25, -0.2) is 9.97 Å². The highest BCUT2D eigenvalue weighted by molar-refractivity contribution is 7.21. The van der Waals surface area contributed by atoms with Crippen LogP contribution in [0.4, 0.5) is 11.6 Å². The molecular formula is C18H20ClN5OS. The van der Waals surface area contributed by atoms with Crippen LogP contribution in [0.15, 0.2) is 18.2 Å². The Hall–Kier alpha value is -2.38. The van der Waals surface area contributed by atoms with E-state index in [9.17, 15) is 4.79 Å². The quantitative estimate of drug-likeness (QED) is 0.605. The molecule has 136 valence electrons. The van der Waals surface area contributed by atoms with Crippen molar-refractivity contribution >= 4 is 50.7 Å². The summed E-state index contributed by atoms with van der Waals surface area (Å²) in [6, 6.07) is 5.89. The van der Waals surface area contributed by atoms with Crippen LogP contribution >= 0.6 is 22.9 Å². The third-order valence-electron chi connectivity index (χ3n) is 4.25. The zero-order chi connectivity index (χ0) is 19.0. The van der Waals surface area contributed by atoms with E-state index in [4.69, 9.17) is 23.1 Å². The number of halogens is 1. The predicted octanol–water partition coefficient (Wildman–Crippen LogP) is 4.21. The van der Waals surface area contributed by atoms with Gasteiger partial charge in [0.2, 0.25) is 5.95 Å². The first-order valence-corrected chi connectivity index (χ1v) is 9.44. The molecule has 1 unspecified atom stereocenters. The van der Waals surface area contributed by atoms with Crippen LogP contribution in [0.1, 0.15) is 35.5 Å². The fourth-order valence-electron chi connectivity index (χ4n) is 2.54. The molecule has 0 aliphatic carbocycles. The maximum absolute atomic E-state index is 11.7. The molecule has 0 fully saturated rings. The van der Waals surface area contributed by atoms with E-state index in [1.807, 2.05) is 32.0 Å². The van der Waals surface area contributed by atoms with E-state index in [0.29, 0.717) is 32.6 Å². The summed E-state index contributed by atoms with van der Waals surface area (Å²) in [5.74, 6) is -0.0920. The molecule has 6 nitrogen and oxygen atoms in total. The molecule has 0 bridgehead atoms. The number of nitrogens with two attached hydrogens (primary N) is 2. The minimum absolute atomic E-state index is 0.204. The number of nitrogens with zero attached hydrogens (tertiary/aromatic N) is 2. The SMILES string of the molecule is CCC(C)Nc1nc(-c2ccc(C)c(Cl)c2)c2c(N)c(C(N)=O)sc2n1. The van der Waals surface area contributed by atoms with Crippen LogP contribution in [0.5, 0.6) is 0 Å². The largest absolute Gasteiger partial charge is 0.397 e. The average Bonchev–Trinajstić information content (AvgIpc) is 2.93. The third kappa shape index (κ3) is 3.32. The second-order valence-corrected chi connectivity index (χ2v) is 7.61. The highest BCUT2D eigenvalue weighted by atomic mass is 35.5. The number of nitrogens with one attached hydrogen (secondary N) is 1. The van der Waals surface area contributed by atoms with Gasteiger partial charge in [-0.15, -0.1) is 11.3 Å². The van der Waals surface area contributed by atoms with Crippen molar-refractivity contribution in [1.82, 2.24) is 9.97 Å². The van der Waals surface area contributed by atoms with Crippen molar-refractivity contribution < 1.29 is 4.79 Å². The lowest BCUT2D eigenvalue weighted by molar-refractivity contribution is 0.100. The summed E-state index contributed by atoms with van der Waals surface area (Å²) in [7, 11) is 0. The average molecular weight is 390 g/mol. The molecule has 1 amide bonds. The lowest BCUT2D eigenvalue weighted by Gasteiger charge is -2.13. The van der Waals surface area contributed by atoms with E-state index in [-0.39, 0.29) is 10.9 Å². The van der Waals surface area contributed by atoms with Crippen molar-refractivity contribution in [3.63, 3.8) is 0 Å². The molecule has 26 heavy (non-hydrogen) atoms. The zero-order valence-electron chi connectivity index (χ0n) is 14.8. The first-order valence-electron chi connectivity index (χ1n) is 8.24. The number of hydrogen-bond donors (Lipinski definition) is 3. The van der Waals surface area contributed by atoms with Crippen molar-refractivity contribution in [1.29, 1.82) is 0 Å². The number of primary amides is 1. The van der Waals surface area contributed by atoms with Gasteiger partial charge >= 0.3 is 0 Å². The lowest BCUT2D eigenvalue weighted by Crippen LogP contribution is -2.15. The van der Waals surface area contributed by atoms with Gasteiger partial charge < -0.3 is 16.8 Å². The van der Waals surface area contributed by atoms with Crippen molar-refractivity contribution in [3.05, 3.63) is 33.7 Å². The second-order valence-electron chi connectivity index (χ2n) is 6.20. The highest BCUT2D eigenvalue weighted by Crippen LogP contribution is 2.39. The molecular weight excluding hydrogens is 370 g/mol. The summed E-state index contributed by atoms with van der Waals surface area (Å²) in [6.07, 6.45) is 0.923. The standard InChI is InChI=1S/C18H20ClN5OS/c1-4-9(3)22-18-23-14(10-6-5-8(2)11(19)7-10)12-13(20)15(16(21)25)26-17(12)24-18/h5-7,9H,4,20H2,1-3H3,(H2,21,25)(H,22,23,24). The van der Waals surface area contributed by atoms with Crippen molar-refractivity contribution in [2.75, 3.05) is 11.1 Å². The third-order valence-corrected chi connectivity index (χ3v) is 5.77. The Bertz CT molecular complexity index is 1000. The van der Waals surface area contributed by atoms with E-state index < -0.39 is 5.91 Å². The minimum Gasteiger partial charge on any atom is -0.397 e. The summed E-state index contributed by atoms with van der Waals surface area (Å²) >= 11 is 7.47. The second kappa shape index (κ2) is 7.09. The van der Waals surface area contributed by atoms with Crippen LogP contribution in [0.2, 0.25) is 5.02 Å². The Labute approximate surface area is 160 Å². The normalized spacial score (nSPS) is 12.3.